The summed E-state index contributed by atoms with van der Waals surface area (Å²) in [6.07, 6.45) is 3.02. The van der Waals surface area contributed by atoms with Gasteiger partial charge in [-0.05, 0) is 31.4 Å². The minimum atomic E-state index is -3.83. The number of pyridine rings is 1. The van der Waals surface area contributed by atoms with Crippen molar-refractivity contribution in [3.63, 3.8) is 0 Å². The van der Waals surface area contributed by atoms with Gasteiger partial charge in [-0.1, -0.05) is 0 Å². The number of carboxylic acids is 1. The average Bonchev–Trinajstić information content (AvgIpc) is 2.47. The number of carbonyl (C=O) groups is 1. The van der Waals surface area contributed by atoms with Crippen molar-refractivity contribution in [2.45, 2.75) is 30.2 Å². The normalized spacial score (nSPS) is 20.2. The first-order chi connectivity index (χ1) is 9.84. The van der Waals surface area contributed by atoms with E-state index in [0.29, 0.717) is 18.7 Å². The van der Waals surface area contributed by atoms with Crippen molar-refractivity contribution in [3.8, 4) is 0 Å². The largest absolute Gasteiger partial charge is 0.480 e. The van der Waals surface area contributed by atoms with Crippen LogP contribution >= 0.6 is 0 Å². The summed E-state index contributed by atoms with van der Waals surface area (Å²) in [5.74, 6) is -0.460. The SMILES string of the molecule is CN(C)c1ccc(S(=O)(=O)N2CCCCC2C(=O)O)cn1. The number of aliphatic carboxylic acids is 1. The van der Waals surface area contributed by atoms with Crippen LogP contribution in [0.1, 0.15) is 19.3 Å². The standard InChI is InChI=1S/C13H19N3O4S/c1-15(2)12-7-6-10(9-14-12)21(19,20)16-8-4-3-5-11(16)13(17)18/h6-7,9,11H,3-5,8H2,1-2H3,(H,17,18). The molecule has 0 aliphatic carbocycles. The van der Waals surface area contributed by atoms with Crippen molar-refractivity contribution >= 4 is 21.8 Å². The maximum atomic E-state index is 12.6. The molecule has 8 heteroatoms. The molecule has 1 N–H and O–H groups in total. The molecular weight excluding hydrogens is 294 g/mol. The van der Waals surface area contributed by atoms with E-state index in [2.05, 4.69) is 4.98 Å². The molecule has 0 radical (unpaired) electrons. The summed E-state index contributed by atoms with van der Waals surface area (Å²) in [5.41, 5.74) is 0. The van der Waals surface area contributed by atoms with Crippen LogP contribution < -0.4 is 4.90 Å². The van der Waals surface area contributed by atoms with Crippen molar-refractivity contribution in [1.82, 2.24) is 9.29 Å². The Labute approximate surface area is 124 Å². The first-order valence-corrected chi connectivity index (χ1v) is 8.16. The molecule has 1 saturated heterocycles. The van der Waals surface area contributed by atoms with E-state index < -0.39 is 22.0 Å². The van der Waals surface area contributed by atoms with Crippen LogP contribution in [0.25, 0.3) is 0 Å². The molecule has 1 unspecified atom stereocenters. The maximum Gasteiger partial charge on any atom is 0.322 e. The number of rotatable bonds is 4. The summed E-state index contributed by atoms with van der Waals surface area (Å²) in [6.45, 7) is 0.231. The molecule has 0 bridgehead atoms. The van der Waals surface area contributed by atoms with Crippen LogP contribution in [0.5, 0.6) is 0 Å². The number of anilines is 1. The van der Waals surface area contributed by atoms with Crippen molar-refractivity contribution in [2.75, 3.05) is 25.5 Å². The van der Waals surface area contributed by atoms with Gasteiger partial charge in [0.15, 0.2) is 0 Å². The van der Waals surface area contributed by atoms with E-state index in [-0.39, 0.29) is 11.4 Å². The third-order valence-corrected chi connectivity index (χ3v) is 5.42. The van der Waals surface area contributed by atoms with Crippen molar-refractivity contribution in [3.05, 3.63) is 18.3 Å². The topological polar surface area (TPSA) is 90.8 Å². The summed E-state index contributed by atoms with van der Waals surface area (Å²) in [6, 6.07) is 2.08. The van der Waals surface area contributed by atoms with E-state index in [4.69, 9.17) is 0 Å². The number of sulfonamides is 1. The maximum absolute atomic E-state index is 12.6. The second kappa shape index (κ2) is 5.98. The predicted octanol–water partition coefficient (Wildman–Crippen LogP) is 0.775. The minimum Gasteiger partial charge on any atom is -0.480 e. The lowest BCUT2D eigenvalue weighted by Gasteiger charge is -2.31. The number of aromatic nitrogens is 1. The fourth-order valence-electron chi connectivity index (χ4n) is 2.36. The molecule has 1 atom stereocenters. The quantitative estimate of drug-likeness (QED) is 0.883. The number of hydrogen-bond acceptors (Lipinski definition) is 5. The third kappa shape index (κ3) is 3.16. The Hall–Kier alpha value is -1.67. The van der Waals surface area contributed by atoms with Gasteiger partial charge in [0, 0.05) is 26.8 Å². The van der Waals surface area contributed by atoms with Crippen LogP contribution in [-0.4, -0.2) is 55.5 Å². The lowest BCUT2D eigenvalue weighted by Crippen LogP contribution is -2.47. The first kappa shape index (κ1) is 15.7. The van der Waals surface area contributed by atoms with Crippen LogP contribution in [0.3, 0.4) is 0 Å². The second-order valence-electron chi connectivity index (χ2n) is 5.21. The summed E-state index contributed by atoms with van der Waals surface area (Å²) in [5, 5.41) is 9.21. The minimum absolute atomic E-state index is 0.0289. The zero-order chi connectivity index (χ0) is 15.6. The van der Waals surface area contributed by atoms with Crippen LogP contribution in [0.4, 0.5) is 5.82 Å². The molecule has 0 aromatic carbocycles. The Bertz CT molecular complexity index is 613. The Morgan fingerprint density at radius 1 is 1.38 bits per heavy atom. The van der Waals surface area contributed by atoms with Crippen molar-refractivity contribution in [1.29, 1.82) is 0 Å². The van der Waals surface area contributed by atoms with Gasteiger partial charge in [-0.2, -0.15) is 4.31 Å². The Morgan fingerprint density at radius 2 is 2.10 bits per heavy atom. The van der Waals surface area contributed by atoms with Crippen LogP contribution in [0.15, 0.2) is 23.2 Å². The van der Waals surface area contributed by atoms with Gasteiger partial charge < -0.3 is 10.0 Å². The molecule has 7 nitrogen and oxygen atoms in total. The lowest BCUT2D eigenvalue weighted by molar-refractivity contribution is -0.142. The van der Waals surface area contributed by atoms with Gasteiger partial charge in [0.05, 0.1) is 0 Å². The second-order valence-corrected chi connectivity index (χ2v) is 7.10. The molecule has 0 spiro atoms. The lowest BCUT2D eigenvalue weighted by atomic mass is 10.1. The monoisotopic (exact) mass is 313 g/mol. The number of carboxylic acid groups (broad SMARTS) is 1. The van der Waals surface area contributed by atoms with Crippen molar-refractivity contribution in [2.24, 2.45) is 0 Å². The number of hydrogen-bond donors (Lipinski definition) is 1. The molecule has 1 aromatic heterocycles. The van der Waals surface area contributed by atoms with Crippen LogP contribution in [0, 0.1) is 0 Å². The molecule has 2 rings (SSSR count). The summed E-state index contributed by atoms with van der Waals surface area (Å²) in [4.78, 5) is 17.1. The smallest absolute Gasteiger partial charge is 0.322 e. The molecule has 2 heterocycles. The van der Waals surface area contributed by atoms with Gasteiger partial charge in [-0.15, -0.1) is 0 Å². The van der Waals surface area contributed by atoms with E-state index in [0.717, 1.165) is 10.7 Å². The van der Waals surface area contributed by atoms with E-state index in [1.54, 1.807) is 11.0 Å². The fourth-order valence-corrected chi connectivity index (χ4v) is 3.96. The van der Waals surface area contributed by atoms with E-state index in [1.807, 2.05) is 14.1 Å². The summed E-state index contributed by atoms with van der Waals surface area (Å²) >= 11 is 0. The highest BCUT2D eigenvalue weighted by Crippen LogP contribution is 2.25. The van der Waals surface area contributed by atoms with Gasteiger partial charge >= 0.3 is 5.97 Å². The van der Waals surface area contributed by atoms with E-state index in [1.165, 1.54) is 12.3 Å². The highest BCUT2D eigenvalue weighted by atomic mass is 32.2. The van der Waals surface area contributed by atoms with Crippen LogP contribution in [-0.2, 0) is 14.8 Å². The van der Waals surface area contributed by atoms with E-state index >= 15 is 0 Å². The summed E-state index contributed by atoms with van der Waals surface area (Å²) < 4.78 is 26.3. The molecule has 1 fully saturated rings. The number of nitrogens with zero attached hydrogens (tertiary/aromatic N) is 3. The Morgan fingerprint density at radius 3 is 2.62 bits per heavy atom. The average molecular weight is 313 g/mol. The molecule has 1 aliphatic heterocycles. The molecule has 0 saturated carbocycles. The molecule has 1 aromatic rings. The summed E-state index contributed by atoms with van der Waals surface area (Å²) in [7, 11) is -0.213. The zero-order valence-corrected chi connectivity index (χ0v) is 12.9. The molecule has 21 heavy (non-hydrogen) atoms. The predicted molar refractivity (Wildman–Crippen MR) is 77.7 cm³/mol. The zero-order valence-electron chi connectivity index (χ0n) is 12.1. The van der Waals surface area contributed by atoms with Crippen LogP contribution in [0.2, 0.25) is 0 Å². The fraction of sp³-hybridized carbons (Fsp3) is 0.538. The van der Waals surface area contributed by atoms with Gasteiger partial charge in [-0.25, -0.2) is 13.4 Å². The van der Waals surface area contributed by atoms with Gasteiger partial charge in [0.1, 0.15) is 16.8 Å². The molecular formula is C13H19N3O4S. The Balaban J connectivity index is 2.33. The molecule has 116 valence electrons. The highest BCUT2D eigenvalue weighted by Gasteiger charge is 2.37. The third-order valence-electron chi connectivity index (χ3n) is 3.52. The van der Waals surface area contributed by atoms with Gasteiger partial charge in [-0.3, -0.25) is 4.79 Å². The van der Waals surface area contributed by atoms with Crippen molar-refractivity contribution < 1.29 is 18.3 Å². The molecule has 1 aliphatic rings. The highest BCUT2D eigenvalue weighted by molar-refractivity contribution is 7.89. The molecule has 0 amide bonds. The van der Waals surface area contributed by atoms with Gasteiger partial charge in [0.2, 0.25) is 10.0 Å². The Kier molecular flexibility index (Phi) is 4.48. The number of piperidine rings is 1. The van der Waals surface area contributed by atoms with E-state index in [9.17, 15) is 18.3 Å². The first-order valence-electron chi connectivity index (χ1n) is 6.72. The van der Waals surface area contributed by atoms with Gasteiger partial charge in [0.25, 0.3) is 0 Å².